The average molecular weight is 172 g/mol. The van der Waals surface area contributed by atoms with Crippen LogP contribution >= 0.6 is 0 Å². The van der Waals surface area contributed by atoms with E-state index in [0.29, 0.717) is 14.3 Å². The fraction of sp³-hybridized carbons (Fsp3) is 1.00. The van der Waals surface area contributed by atoms with Gasteiger partial charge in [0.25, 0.3) is 0 Å². The number of hydrogen-bond acceptors (Lipinski definition) is 1. The van der Waals surface area contributed by atoms with E-state index in [-0.39, 0.29) is 7.89 Å². The molecule has 0 radical (unpaired) electrons. The highest BCUT2D eigenvalue weighted by atomic mass is 28.9. The van der Waals surface area contributed by atoms with Crippen LogP contribution in [0.2, 0.25) is 13.1 Å². The van der Waals surface area contributed by atoms with Crippen molar-refractivity contribution in [2.24, 2.45) is 0 Å². The first-order valence-electron chi connectivity index (χ1n) is 4.05. The summed E-state index contributed by atoms with van der Waals surface area (Å²) in [5.74, 6) is 0. The molecular formula is C7H16OSi2. The first-order chi connectivity index (χ1) is 4.79. The Balaban J connectivity index is 2.33. The topological polar surface area (TPSA) is 9.23 Å². The Labute approximate surface area is 66.5 Å². The monoisotopic (exact) mass is 172 g/mol. The maximum Gasteiger partial charge on any atom is 0.0553 e. The second-order valence-electron chi connectivity index (χ2n) is 3.15. The summed E-state index contributed by atoms with van der Waals surface area (Å²) in [6.45, 7) is 5.84. The van der Waals surface area contributed by atoms with Crippen molar-refractivity contribution in [2.75, 3.05) is 6.61 Å². The zero-order valence-electron chi connectivity index (χ0n) is 6.89. The Morgan fingerprint density at radius 3 is 2.70 bits per heavy atom. The largest absolute Gasteiger partial charge is 0.379 e. The van der Waals surface area contributed by atoms with Gasteiger partial charge in [-0.05, 0) is 27.2 Å². The van der Waals surface area contributed by atoms with E-state index in [4.69, 9.17) is 4.74 Å². The predicted octanol–water partition coefficient (Wildman–Crippen LogP) is 1.20. The van der Waals surface area contributed by atoms with Gasteiger partial charge in [-0.25, -0.2) is 0 Å². The third kappa shape index (κ3) is 2.99. The van der Waals surface area contributed by atoms with Crippen LogP contribution in [0.3, 0.4) is 0 Å². The van der Waals surface area contributed by atoms with Gasteiger partial charge in [0.1, 0.15) is 0 Å². The summed E-state index contributed by atoms with van der Waals surface area (Å²) in [5.41, 5.74) is 0.706. The molecule has 1 atom stereocenters. The van der Waals surface area contributed by atoms with E-state index in [1.807, 2.05) is 0 Å². The normalized spacial score (nSPS) is 26.0. The highest BCUT2D eigenvalue weighted by Gasteiger charge is 2.09. The van der Waals surface area contributed by atoms with Crippen LogP contribution in [0, 0.1) is 0 Å². The smallest absolute Gasteiger partial charge is 0.0553 e. The lowest BCUT2D eigenvalue weighted by Crippen LogP contribution is -2.24. The molecule has 0 aliphatic carbocycles. The molecule has 1 unspecified atom stereocenters. The van der Waals surface area contributed by atoms with Crippen molar-refractivity contribution in [3.05, 3.63) is 0 Å². The van der Waals surface area contributed by atoms with Gasteiger partial charge in [0.15, 0.2) is 0 Å². The summed E-state index contributed by atoms with van der Waals surface area (Å²) < 4.78 is 5.65. The van der Waals surface area contributed by atoms with Crippen LogP contribution in [0.25, 0.3) is 0 Å². The van der Waals surface area contributed by atoms with E-state index in [0.717, 1.165) is 6.61 Å². The fourth-order valence-electron chi connectivity index (χ4n) is 1.27. The van der Waals surface area contributed by atoms with Crippen LogP contribution in [0.4, 0.5) is 0 Å². The lowest BCUT2D eigenvalue weighted by molar-refractivity contribution is 0.0670. The van der Waals surface area contributed by atoms with E-state index in [2.05, 4.69) is 13.1 Å². The number of rotatable bonds is 1. The molecule has 0 aromatic rings. The molecule has 3 heteroatoms. The molecule has 1 fully saturated rings. The van der Waals surface area contributed by atoms with E-state index >= 15 is 0 Å². The Kier molecular flexibility index (Phi) is 3.66. The average Bonchev–Trinajstić information content (AvgIpc) is 1.88. The minimum absolute atomic E-state index is 0.0248. The third-order valence-corrected chi connectivity index (χ3v) is 6.41. The Hall–Kier alpha value is 0.394. The molecule has 1 saturated heterocycles. The lowest BCUT2D eigenvalue weighted by atomic mass is 10.2. The van der Waals surface area contributed by atoms with Gasteiger partial charge in [-0.1, -0.05) is 13.1 Å². The molecule has 0 N–H and O–H groups in total. The van der Waals surface area contributed by atoms with Gasteiger partial charge in [0.2, 0.25) is 0 Å². The Morgan fingerprint density at radius 1 is 1.40 bits per heavy atom. The molecular weight excluding hydrogens is 156 g/mol. The predicted molar refractivity (Wildman–Crippen MR) is 48.2 cm³/mol. The van der Waals surface area contributed by atoms with E-state index < -0.39 is 0 Å². The molecule has 10 heavy (non-hydrogen) atoms. The van der Waals surface area contributed by atoms with E-state index in [1.165, 1.54) is 19.3 Å². The van der Waals surface area contributed by atoms with Crippen molar-refractivity contribution in [1.29, 1.82) is 0 Å². The molecule has 0 bridgehead atoms. The molecule has 1 aliphatic rings. The molecule has 0 aromatic heterocycles. The van der Waals surface area contributed by atoms with Crippen LogP contribution in [0.5, 0.6) is 0 Å². The summed E-state index contributed by atoms with van der Waals surface area (Å²) in [4.78, 5) is 0. The van der Waals surface area contributed by atoms with Crippen LogP contribution in [0.1, 0.15) is 19.3 Å². The summed E-state index contributed by atoms with van der Waals surface area (Å²) in [7, 11) is 0.674. The molecule has 0 saturated carbocycles. The Bertz CT molecular complexity index is 124. The molecule has 1 heterocycles. The number of hydrogen-bond donors (Lipinski definition) is 0. The molecule has 58 valence electrons. The van der Waals surface area contributed by atoms with E-state index in [9.17, 15) is 0 Å². The first kappa shape index (κ1) is 8.49. The van der Waals surface area contributed by atoms with Crippen molar-refractivity contribution < 1.29 is 4.74 Å². The minimum Gasteiger partial charge on any atom is -0.379 e. The molecule has 0 spiro atoms. The van der Waals surface area contributed by atoms with Crippen molar-refractivity contribution in [1.82, 2.24) is 0 Å². The van der Waals surface area contributed by atoms with Gasteiger partial charge in [0, 0.05) is 15.2 Å². The zero-order chi connectivity index (χ0) is 7.40. The maximum absolute atomic E-state index is 5.65. The standard InChI is InChI=1S/C7H16OSi2/c1-10(2)9-7-5-3-4-6-8-7/h7,9H,3-6H2,1-2H3. The zero-order valence-corrected chi connectivity index (χ0v) is 9.05. The minimum atomic E-state index is 0.0248. The summed E-state index contributed by atoms with van der Waals surface area (Å²) in [6.07, 6.45) is 4.06. The molecule has 1 aliphatic heterocycles. The van der Waals surface area contributed by atoms with Crippen LogP contribution in [-0.4, -0.2) is 28.8 Å². The molecule has 1 nitrogen and oxygen atoms in total. The van der Waals surface area contributed by atoms with Gasteiger partial charge < -0.3 is 4.74 Å². The first-order valence-corrected chi connectivity index (χ1v) is 9.03. The second kappa shape index (κ2) is 4.31. The lowest BCUT2D eigenvalue weighted by Gasteiger charge is -2.19. The molecule has 0 amide bonds. The van der Waals surface area contributed by atoms with Gasteiger partial charge in [-0.15, -0.1) is 0 Å². The van der Waals surface area contributed by atoms with Crippen molar-refractivity contribution >= 4 is 16.5 Å². The summed E-state index contributed by atoms with van der Waals surface area (Å²) >= 11 is 0. The summed E-state index contributed by atoms with van der Waals surface area (Å²) in [6, 6.07) is 0. The van der Waals surface area contributed by atoms with Gasteiger partial charge >= 0.3 is 0 Å². The SMILES string of the molecule is C[Si](C)=[SiH]C1CCCCO1. The fourth-order valence-corrected chi connectivity index (χ4v) is 5.67. The molecule has 0 aromatic carbocycles. The molecule has 1 rings (SSSR count). The van der Waals surface area contributed by atoms with Gasteiger partial charge in [0.05, 0.1) is 5.73 Å². The van der Waals surface area contributed by atoms with Crippen molar-refractivity contribution in [3.8, 4) is 0 Å². The highest BCUT2D eigenvalue weighted by Crippen LogP contribution is 2.09. The summed E-state index contributed by atoms with van der Waals surface area (Å²) in [5, 5.41) is 0. The van der Waals surface area contributed by atoms with Crippen LogP contribution < -0.4 is 0 Å². The van der Waals surface area contributed by atoms with Gasteiger partial charge in [-0.3, -0.25) is 0 Å². The third-order valence-electron chi connectivity index (χ3n) is 1.73. The second-order valence-corrected chi connectivity index (χ2v) is 10.8. The van der Waals surface area contributed by atoms with E-state index in [1.54, 1.807) is 0 Å². The Morgan fingerprint density at radius 2 is 2.20 bits per heavy atom. The quantitative estimate of drug-likeness (QED) is 0.540. The van der Waals surface area contributed by atoms with Crippen LogP contribution in [0.15, 0.2) is 0 Å². The number of ether oxygens (including phenoxy) is 1. The van der Waals surface area contributed by atoms with Crippen molar-refractivity contribution in [3.63, 3.8) is 0 Å². The van der Waals surface area contributed by atoms with Crippen LogP contribution in [-0.2, 0) is 4.74 Å². The highest BCUT2D eigenvalue weighted by molar-refractivity contribution is 6.85. The van der Waals surface area contributed by atoms with Gasteiger partial charge in [-0.2, -0.15) is 0 Å². The maximum atomic E-state index is 5.65. The van der Waals surface area contributed by atoms with Crippen molar-refractivity contribution in [2.45, 2.75) is 38.1 Å².